The van der Waals surface area contributed by atoms with Gasteiger partial charge in [0.25, 0.3) is 11.6 Å². The van der Waals surface area contributed by atoms with Crippen LogP contribution < -0.4 is 0 Å². The first kappa shape index (κ1) is 53.9. The van der Waals surface area contributed by atoms with Crippen LogP contribution in [0.15, 0.2) is 0 Å². The van der Waals surface area contributed by atoms with Gasteiger partial charge in [0.15, 0.2) is 31.1 Å². The second-order valence-corrected chi connectivity index (χ2v) is 15.9. The van der Waals surface area contributed by atoms with E-state index in [1.165, 1.54) is 0 Å². The van der Waals surface area contributed by atoms with Crippen LogP contribution >= 0.6 is 0 Å². The Balaban J connectivity index is 1.65. The Bertz CT molecular complexity index is 1690. The number of hydrogen-bond acceptors (Lipinski definition) is 28. The molecule has 5 fully saturated rings. The lowest BCUT2D eigenvalue weighted by Gasteiger charge is -2.52. The van der Waals surface area contributed by atoms with Gasteiger partial charge in [-0.2, -0.15) is 0 Å². The van der Waals surface area contributed by atoms with Crippen molar-refractivity contribution in [1.82, 2.24) is 0 Å². The first-order valence-corrected chi connectivity index (χ1v) is 19.7. The number of carbonyl (C=O) groups is 4. The standard InChI is InChI=1S/C34H52O32/c35-3-6(38)20-23(61-29-17(46)12(41)11(40)10(5-37)59-29)9(1-33(57,65-20)31(53)54)64-34(32(55)56)2-8(58-28-18(47)13(42)15(44)24(62-28)26(49)50)22(21(66-34)7(39)4-36)60-30-19(48)14(43)16(45)25(63-30)27(51)52/h6-25,28-30,35-48,57H,1-5H2,(H,49,50)(H,51,52)(H,53,54)(H,55,56)/t6-,7-,8-,9-,10-,11-,12+,13+,14+,15-,16-,17+,18-,19-,20-,21-,22-,23-,24+,25+,28+,29-,30+,33-,34-/m1/s1. The van der Waals surface area contributed by atoms with Crippen molar-refractivity contribution >= 4 is 23.9 Å². The van der Waals surface area contributed by atoms with E-state index >= 15 is 0 Å². The third kappa shape index (κ3) is 10.6. The van der Waals surface area contributed by atoms with E-state index in [-0.39, 0.29) is 0 Å². The summed E-state index contributed by atoms with van der Waals surface area (Å²) in [6, 6.07) is 0. The lowest BCUT2D eigenvalue weighted by Crippen LogP contribution is -2.70. The molecule has 32 nitrogen and oxygen atoms in total. The second-order valence-electron chi connectivity index (χ2n) is 15.9. The largest absolute Gasteiger partial charge is 0.479 e. The first-order chi connectivity index (χ1) is 30.8. The lowest BCUT2D eigenvalue weighted by molar-refractivity contribution is -0.408. The molecule has 5 saturated heterocycles. The monoisotopic (exact) mass is 972 g/mol. The van der Waals surface area contributed by atoms with Crippen molar-refractivity contribution in [1.29, 1.82) is 0 Å². The molecular formula is C34H52O32. The average molecular weight is 973 g/mol. The molecule has 5 rings (SSSR count). The minimum atomic E-state index is -3.59. The number of carboxylic acid groups (broad SMARTS) is 4. The molecule has 0 spiro atoms. The summed E-state index contributed by atoms with van der Waals surface area (Å²) in [5.41, 5.74) is 0. The fourth-order valence-corrected chi connectivity index (χ4v) is 7.87. The molecule has 0 saturated carbocycles. The molecule has 5 aliphatic rings. The normalized spacial score (nSPS) is 47.7. The molecule has 5 heterocycles. The number of carboxylic acids is 4. The summed E-state index contributed by atoms with van der Waals surface area (Å²) in [6.45, 7) is -3.85. The molecule has 0 aromatic heterocycles. The second kappa shape index (κ2) is 21.3. The van der Waals surface area contributed by atoms with Crippen molar-refractivity contribution in [2.24, 2.45) is 0 Å². The fourth-order valence-electron chi connectivity index (χ4n) is 7.87. The summed E-state index contributed by atoms with van der Waals surface area (Å²) in [4.78, 5) is 49.9. The lowest BCUT2D eigenvalue weighted by atomic mass is 9.89. The van der Waals surface area contributed by atoms with Gasteiger partial charge in [-0.25, -0.2) is 19.2 Å². The van der Waals surface area contributed by atoms with Gasteiger partial charge in [0, 0.05) is 12.8 Å². The third-order valence-corrected chi connectivity index (χ3v) is 11.5. The topological polar surface area (TPSA) is 536 Å². The van der Waals surface area contributed by atoms with Crippen molar-refractivity contribution in [3.8, 4) is 0 Å². The highest BCUT2D eigenvalue weighted by Gasteiger charge is 2.64. The van der Waals surface area contributed by atoms with Crippen molar-refractivity contribution in [2.45, 2.75) is 165 Å². The van der Waals surface area contributed by atoms with Gasteiger partial charge in [0.2, 0.25) is 0 Å². The first-order valence-electron chi connectivity index (χ1n) is 19.7. The molecular weight excluding hydrogens is 920 g/mol. The van der Waals surface area contributed by atoms with Crippen molar-refractivity contribution in [3.63, 3.8) is 0 Å². The van der Waals surface area contributed by atoms with Crippen LogP contribution in [0.2, 0.25) is 0 Å². The van der Waals surface area contributed by atoms with Crippen molar-refractivity contribution < 1.29 is 159 Å². The number of hydrogen-bond donors (Lipinski definition) is 19. The summed E-state index contributed by atoms with van der Waals surface area (Å²) >= 11 is 0. The van der Waals surface area contributed by atoms with Gasteiger partial charge in [0.05, 0.1) is 32.0 Å². The molecule has 380 valence electrons. The number of ether oxygens (including phenoxy) is 9. The van der Waals surface area contributed by atoms with Crippen LogP contribution in [0.4, 0.5) is 0 Å². The number of rotatable bonds is 17. The summed E-state index contributed by atoms with van der Waals surface area (Å²) in [6.07, 6.45) is -56.9. The van der Waals surface area contributed by atoms with Crippen LogP contribution in [0.25, 0.3) is 0 Å². The number of aliphatic carboxylic acids is 4. The molecule has 0 unspecified atom stereocenters. The molecule has 66 heavy (non-hydrogen) atoms. The van der Waals surface area contributed by atoms with E-state index in [0.29, 0.717) is 0 Å². The van der Waals surface area contributed by atoms with Crippen molar-refractivity contribution in [3.05, 3.63) is 0 Å². The third-order valence-electron chi connectivity index (χ3n) is 11.5. The number of aliphatic hydroxyl groups is 15. The van der Waals surface area contributed by atoms with Gasteiger partial charge in [-0.1, -0.05) is 0 Å². The Kier molecular flexibility index (Phi) is 17.4. The Morgan fingerprint density at radius 2 is 0.955 bits per heavy atom. The van der Waals surface area contributed by atoms with E-state index in [1.807, 2.05) is 0 Å². The Morgan fingerprint density at radius 3 is 1.38 bits per heavy atom. The molecule has 0 aliphatic carbocycles. The molecule has 0 aromatic rings. The van der Waals surface area contributed by atoms with Gasteiger partial charge in [-0.15, -0.1) is 0 Å². The Labute approximate surface area is 368 Å². The van der Waals surface area contributed by atoms with Gasteiger partial charge in [-0.05, 0) is 0 Å². The Morgan fingerprint density at radius 1 is 0.530 bits per heavy atom. The van der Waals surface area contributed by atoms with Crippen molar-refractivity contribution in [2.75, 3.05) is 19.8 Å². The van der Waals surface area contributed by atoms with Gasteiger partial charge in [0.1, 0.15) is 97.7 Å². The molecule has 25 atom stereocenters. The highest BCUT2D eigenvalue weighted by atomic mass is 16.8. The SMILES string of the molecule is O=C(O)[C@H]1O[C@H](O[C@@H]2C[C@](O[C@@H]3C[C@](O)(C(=O)O)O[C@H]([C@H](O)CO)[C@@H]3O[C@H]3O[C@H](CO)[C@@H](O)[C@H](O)[C@@H]3O)(C(=O)O)O[C@H]([C@H](O)CO)[C@@H]2O[C@H]2O[C@H](C(=O)O)[C@H](O)[C@H](O)[C@H]2O)[C@H](O)[C@@H](O)[C@H]1O. The predicted octanol–water partition coefficient (Wildman–Crippen LogP) is -12.1. The molecule has 0 radical (unpaired) electrons. The number of aliphatic hydroxyl groups excluding tert-OH is 14. The zero-order chi connectivity index (χ0) is 49.5. The molecule has 0 bridgehead atoms. The maximum absolute atomic E-state index is 13.6. The van der Waals surface area contributed by atoms with Gasteiger partial charge >= 0.3 is 23.9 Å². The predicted molar refractivity (Wildman–Crippen MR) is 190 cm³/mol. The molecule has 32 heteroatoms. The van der Waals surface area contributed by atoms with E-state index in [0.717, 1.165) is 0 Å². The Hall–Kier alpha value is -3.08. The van der Waals surface area contributed by atoms with Crippen LogP contribution in [0.1, 0.15) is 12.8 Å². The van der Waals surface area contributed by atoms with Gasteiger partial charge < -0.3 is 140 Å². The minimum absolute atomic E-state index is 1.05. The fraction of sp³-hybridized carbons (Fsp3) is 0.882. The van der Waals surface area contributed by atoms with E-state index in [9.17, 15) is 116 Å². The highest BCUT2D eigenvalue weighted by Crippen LogP contribution is 2.43. The van der Waals surface area contributed by atoms with E-state index in [1.54, 1.807) is 0 Å². The summed E-state index contributed by atoms with van der Waals surface area (Å²) in [7, 11) is 0. The summed E-state index contributed by atoms with van der Waals surface area (Å²) in [5, 5.41) is 198. The van der Waals surface area contributed by atoms with Gasteiger partial charge in [-0.3, -0.25) is 0 Å². The van der Waals surface area contributed by atoms with Crippen LogP contribution in [-0.2, 0) is 61.8 Å². The maximum atomic E-state index is 13.6. The van der Waals surface area contributed by atoms with Crippen LogP contribution in [0, 0.1) is 0 Å². The summed E-state index contributed by atoms with van der Waals surface area (Å²) < 4.78 is 49.5. The average Bonchev–Trinajstić information content (AvgIpc) is 3.26. The van der Waals surface area contributed by atoms with E-state index in [2.05, 4.69) is 0 Å². The molecule has 19 N–H and O–H groups in total. The summed E-state index contributed by atoms with van der Waals surface area (Å²) in [5.74, 6) is -15.6. The highest BCUT2D eigenvalue weighted by molar-refractivity contribution is 5.77. The zero-order valence-electron chi connectivity index (χ0n) is 33.6. The molecule has 0 aromatic carbocycles. The van der Waals surface area contributed by atoms with Crippen LogP contribution in [-0.4, -0.2) is 293 Å². The quantitative estimate of drug-likeness (QED) is 0.0643. The zero-order valence-corrected chi connectivity index (χ0v) is 33.6. The van der Waals surface area contributed by atoms with E-state index < -0.39 is 209 Å². The smallest absolute Gasteiger partial charge is 0.364 e. The van der Waals surface area contributed by atoms with Crippen LogP contribution in [0.5, 0.6) is 0 Å². The molecule has 5 aliphatic heterocycles. The maximum Gasteiger partial charge on any atom is 0.364 e. The van der Waals surface area contributed by atoms with E-state index in [4.69, 9.17) is 42.6 Å². The molecule has 0 amide bonds. The minimum Gasteiger partial charge on any atom is -0.479 e. The van der Waals surface area contributed by atoms with Crippen LogP contribution in [0.3, 0.4) is 0 Å².